The van der Waals surface area contributed by atoms with Crippen LogP contribution in [-0.2, 0) is 4.74 Å². The molecule has 1 aromatic carbocycles. The molecule has 0 aliphatic heterocycles. The van der Waals surface area contributed by atoms with Crippen LogP contribution in [0.25, 0.3) is 0 Å². The van der Waals surface area contributed by atoms with Crippen LogP contribution in [0.4, 0.5) is 12.9 Å². The molecule has 0 bridgehead atoms. The molecule has 0 radical (unpaired) electrons. The van der Waals surface area contributed by atoms with E-state index in [0.717, 1.165) is 12.5 Å². The summed E-state index contributed by atoms with van der Waals surface area (Å²) in [7, 11) is 0. The van der Waals surface area contributed by atoms with E-state index in [-0.39, 0.29) is 5.56 Å². The van der Waals surface area contributed by atoms with Crippen LogP contribution in [-0.4, -0.2) is 26.8 Å². The van der Waals surface area contributed by atoms with Crippen LogP contribution in [0.3, 0.4) is 0 Å². The minimum atomic E-state index is -4.95. The van der Waals surface area contributed by atoms with E-state index in [9.17, 15) is 12.9 Å². The topological polar surface area (TPSA) is 18.5 Å². The summed E-state index contributed by atoms with van der Waals surface area (Å²) in [5.41, 5.74) is -0.376. The zero-order chi connectivity index (χ0) is 13.6. The summed E-state index contributed by atoms with van der Waals surface area (Å²) in [5, 5.41) is 0. The fourth-order valence-corrected chi connectivity index (χ4v) is 1.57. The molecule has 6 heteroatoms. The average molecular weight is 261 g/mol. The van der Waals surface area contributed by atoms with Gasteiger partial charge in [0.05, 0.1) is 6.61 Å². The third kappa shape index (κ3) is 4.60. The number of rotatable bonds is 7. The Morgan fingerprint density at radius 1 is 1.11 bits per heavy atom. The van der Waals surface area contributed by atoms with Crippen LogP contribution < -0.4 is 10.2 Å². The third-order valence-electron chi connectivity index (χ3n) is 2.44. The summed E-state index contributed by atoms with van der Waals surface area (Å²) in [6, 6.07) is 3.82. The van der Waals surface area contributed by atoms with Gasteiger partial charge in [0, 0.05) is 6.61 Å². The number of ether oxygens (including phenoxy) is 2. The van der Waals surface area contributed by atoms with E-state index in [1.165, 1.54) is 19.1 Å². The van der Waals surface area contributed by atoms with Gasteiger partial charge >= 0.3 is 6.98 Å². The summed E-state index contributed by atoms with van der Waals surface area (Å²) >= 11 is 0. The maximum Gasteiger partial charge on any atom is 0.509 e. The predicted octanol–water partition coefficient (Wildman–Crippen LogP) is 2.85. The summed E-state index contributed by atoms with van der Waals surface area (Å²) < 4.78 is 48.2. The van der Waals surface area contributed by atoms with E-state index >= 15 is 0 Å². The highest BCUT2D eigenvalue weighted by molar-refractivity contribution is 6.74. The van der Waals surface area contributed by atoms with Gasteiger partial charge in [0.25, 0.3) is 0 Å². The Morgan fingerprint density at radius 3 is 2.39 bits per heavy atom. The maximum absolute atomic E-state index is 12.6. The molecular weight excluding hydrogens is 244 g/mol. The van der Waals surface area contributed by atoms with Crippen molar-refractivity contribution in [1.82, 2.24) is 0 Å². The highest BCUT2D eigenvalue weighted by Crippen LogP contribution is 2.17. The lowest BCUT2D eigenvalue weighted by atomic mass is 9.77. The van der Waals surface area contributed by atoms with E-state index in [1.54, 1.807) is 0 Å². The lowest BCUT2D eigenvalue weighted by Crippen LogP contribution is -2.35. The van der Waals surface area contributed by atoms with Gasteiger partial charge in [-0.25, -0.2) is 0 Å². The minimum absolute atomic E-state index is 0.189. The first-order chi connectivity index (χ1) is 8.45. The Bertz CT molecular complexity index is 380. The molecule has 0 heterocycles. The molecule has 2 nitrogen and oxygen atoms in total. The van der Waals surface area contributed by atoms with Gasteiger partial charge in [-0.3, -0.25) is 0 Å². The van der Waals surface area contributed by atoms with Gasteiger partial charge in [-0.05, 0) is 25.5 Å². The monoisotopic (exact) mass is 261 g/mol. The van der Waals surface area contributed by atoms with Gasteiger partial charge in [-0.2, -0.15) is 0 Å². The lowest BCUT2D eigenvalue weighted by Gasteiger charge is -2.18. The Balaban J connectivity index is 2.52. The predicted molar refractivity (Wildman–Crippen MR) is 66.5 cm³/mol. The van der Waals surface area contributed by atoms with E-state index in [1.807, 2.05) is 6.92 Å². The standard InChI is InChI=1S/C12H17BF3O2/c1-3-6-17-7-8-18-11-4-5-12(10(2)9-11)13(14,15)16/h4-5,9H,3,6-8H2,1-2H3/q-1. The number of halogens is 3. The SMILES string of the molecule is CCCOCCOc1ccc([B-](F)(F)F)c(C)c1. The van der Waals surface area contributed by atoms with Crippen LogP contribution in [0.15, 0.2) is 18.2 Å². The Kier molecular flexibility index (Phi) is 5.53. The Labute approximate surface area is 105 Å². The van der Waals surface area contributed by atoms with Crippen molar-refractivity contribution in [3.8, 4) is 5.75 Å². The molecule has 0 aromatic heterocycles. The van der Waals surface area contributed by atoms with E-state index in [0.29, 0.717) is 25.6 Å². The van der Waals surface area contributed by atoms with Crippen LogP contribution in [0.2, 0.25) is 0 Å². The number of hydrogen-bond acceptors (Lipinski definition) is 2. The van der Waals surface area contributed by atoms with Crippen molar-refractivity contribution >= 4 is 12.4 Å². The molecule has 102 valence electrons. The number of benzene rings is 1. The van der Waals surface area contributed by atoms with Crippen LogP contribution in [0.5, 0.6) is 5.75 Å². The molecular formula is C12H17BF3O2-. The molecule has 18 heavy (non-hydrogen) atoms. The van der Waals surface area contributed by atoms with Gasteiger partial charge in [0.2, 0.25) is 0 Å². The molecule has 0 saturated heterocycles. The molecule has 0 unspecified atom stereocenters. The summed E-state index contributed by atoms with van der Waals surface area (Å²) in [6.45, 7) is -0.0630. The van der Waals surface area contributed by atoms with E-state index in [2.05, 4.69) is 0 Å². The second kappa shape index (κ2) is 6.68. The molecule has 0 saturated carbocycles. The molecule has 0 atom stereocenters. The van der Waals surface area contributed by atoms with Crippen LogP contribution in [0, 0.1) is 6.92 Å². The molecule has 0 aliphatic carbocycles. The zero-order valence-corrected chi connectivity index (χ0v) is 10.6. The van der Waals surface area contributed by atoms with Gasteiger partial charge in [-0.15, -0.1) is 5.46 Å². The Hall–Kier alpha value is -1.17. The van der Waals surface area contributed by atoms with Crippen molar-refractivity contribution < 1.29 is 22.4 Å². The van der Waals surface area contributed by atoms with Gasteiger partial charge < -0.3 is 22.4 Å². The molecule has 0 N–H and O–H groups in total. The molecule has 1 rings (SSSR count). The van der Waals surface area contributed by atoms with Crippen molar-refractivity contribution in [1.29, 1.82) is 0 Å². The molecule has 0 spiro atoms. The fraction of sp³-hybridized carbons (Fsp3) is 0.500. The highest BCUT2D eigenvalue weighted by atomic mass is 19.4. The first-order valence-corrected chi connectivity index (χ1v) is 5.96. The summed E-state index contributed by atoms with van der Waals surface area (Å²) in [5.74, 6) is 0.441. The third-order valence-corrected chi connectivity index (χ3v) is 2.44. The first kappa shape index (κ1) is 14.9. The second-order valence-corrected chi connectivity index (χ2v) is 4.05. The van der Waals surface area contributed by atoms with Gasteiger partial charge in [0.15, 0.2) is 0 Å². The van der Waals surface area contributed by atoms with Crippen molar-refractivity contribution in [2.24, 2.45) is 0 Å². The minimum Gasteiger partial charge on any atom is -0.491 e. The normalized spacial score (nSPS) is 11.6. The van der Waals surface area contributed by atoms with Crippen molar-refractivity contribution in [3.05, 3.63) is 23.8 Å². The highest BCUT2D eigenvalue weighted by Gasteiger charge is 2.27. The van der Waals surface area contributed by atoms with E-state index in [4.69, 9.17) is 9.47 Å². The smallest absolute Gasteiger partial charge is 0.491 e. The zero-order valence-electron chi connectivity index (χ0n) is 10.6. The quantitative estimate of drug-likeness (QED) is 0.555. The molecule has 1 aromatic rings. The van der Waals surface area contributed by atoms with Crippen molar-refractivity contribution in [2.75, 3.05) is 19.8 Å². The molecule has 0 amide bonds. The fourth-order valence-electron chi connectivity index (χ4n) is 1.57. The van der Waals surface area contributed by atoms with Crippen molar-refractivity contribution in [2.45, 2.75) is 20.3 Å². The second-order valence-electron chi connectivity index (χ2n) is 4.05. The van der Waals surface area contributed by atoms with E-state index < -0.39 is 12.4 Å². The van der Waals surface area contributed by atoms with Crippen LogP contribution in [0.1, 0.15) is 18.9 Å². The van der Waals surface area contributed by atoms with Crippen LogP contribution >= 0.6 is 0 Å². The molecule has 0 aliphatic rings. The number of aryl methyl sites for hydroxylation is 1. The summed E-state index contributed by atoms with van der Waals surface area (Å²) in [4.78, 5) is 0. The Morgan fingerprint density at radius 2 is 1.83 bits per heavy atom. The average Bonchev–Trinajstić information content (AvgIpc) is 2.27. The molecule has 0 fully saturated rings. The van der Waals surface area contributed by atoms with Gasteiger partial charge in [-0.1, -0.05) is 18.6 Å². The first-order valence-electron chi connectivity index (χ1n) is 5.96. The lowest BCUT2D eigenvalue weighted by molar-refractivity contribution is 0.101. The summed E-state index contributed by atoms with van der Waals surface area (Å²) in [6.07, 6.45) is 0.932. The number of hydrogen-bond donors (Lipinski definition) is 0. The van der Waals surface area contributed by atoms with Gasteiger partial charge in [0.1, 0.15) is 12.4 Å². The van der Waals surface area contributed by atoms with Crippen molar-refractivity contribution in [3.63, 3.8) is 0 Å². The largest absolute Gasteiger partial charge is 0.509 e. The maximum atomic E-state index is 12.6.